The summed E-state index contributed by atoms with van der Waals surface area (Å²) in [6.07, 6.45) is 1.65. The number of hydrogen-bond acceptors (Lipinski definition) is 3. The van der Waals surface area contributed by atoms with Gasteiger partial charge in [-0.05, 0) is 41.5 Å². The van der Waals surface area contributed by atoms with E-state index in [0.29, 0.717) is 21.5 Å². The average Bonchev–Trinajstić information content (AvgIpc) is 2.29. The zero-order valence-electron chi connectivity index (χ0n) is 9.09. The van der Waals surface area contributed by atoms with Crippen molar-refractivity contribution in [2.24, 2.45) is 0 Å². The molecule has 1 amide bonds. The van der Waals surface area contributed by atoms with Crippen LogP contribution in [0, 0.1) is 9.39 Å². The predicted octanol–water partition coefficient (Wildman–Crippen LogP) is 1.70. The van der Waals surface area contributed by atoms with Gasteiger partial charge in [0.1, 0.15) is 11.9 Å². The molecule has 92 valence electrons. The summed E-state index contributed by atoms with van der Waals surface area (Å²) in [5.74, 6) is -0.395. The number of benzene rings is 1. The molecule has 1 aliphatic rings. The molecule has 0 aliphatic carbocycles. The fourth-order valence-electron chi connectivity index (χ4n) is 1.78. The summed E-state index contributed by atoms with van der Waals surface area (Å²) in [5.41, 5.74) is 6.72. The summed E-state index contributed by atoms with van der Waals surface area (Å²) in [4.78, 5) is 11.6. The molecule has 17 heavy (non-hydrogen) atoms. The lowest BCUT2D eigenvalue weighted by Crippen LogP contribution is -2.44. The molecule has 0 spiro atoms. The van der Waals surface area contributed by atoms with Crippen LogP contribution in [0.4, 0.5) is 15.8 Å². The molecule has 0 bridgehead atoms. The number of rotatable bonds is 2. The molecule has 4 N–H and O–H groups in total. The molecule has 1 saturated heterocycles. The molecule has 1 aromatic rings. The molecule has 1 aromatic carbocycles. The maximum atomic E-state index is 13.4. The summed E-state index contributed by atoms with van der Waals surface area (Å²) in [6, 6.07) is 2.56. The fraction of sp³-hybridized carbons (Fsp3) is 0.364. The molecule has 1 unspecified atom stereocenters. The molecular weight excluding hydrogens is 336 g/mol. The topological polar surface area (TPSA) is 67.2 Å². The van der Waals surface area contributed by atoms with Crippen LogP contribution in [0.2, 0.25) is 0 Å². The van der Waals surface area contributed by atoms with E-state index in [1.165, 1.54) is 6.07 Å². The molecular formula is C11H13FIN3O. The number of anilines is 2. The maximum absolute atomic E-state index is 13.4. The molecule has 1 atom stereocenters. The Balaban J connectivity index is 2.17. The first-order chi connectivity index (χ1) is 8.08. The highest BCUT2D eigenvalue weighted by atomic mass is 127. The Labute approximate surface area is 112 Å². The molecule has 1 fully saturated rings. The van der Waals surface area contributed by atoms with Gasteiger partial charge in [0.2, 0.25) is 5.91 Å². The summed E-state index contributed by atoms with van der Waals surface area (Å²) in [5, 5.41) is 5.75. The fourth-order valence-corrected chi connectivity index (χ4v) is 2.28. The lowest BCUT2D eigenvalue weighted by atomic mass is 10.1. The smallest absolute Gasteiger partial charge is 0.242 e. The number of amides is 1. The number of nitrogens with two attached hydrogens (primary N) is 1. The van der Waals surface area contributed by atoms with E-state index in [-0.39, 0.29) is 17.8 Å². The van der Waals surface area contributed by atoms with Gasteiger partial charge in [0.15, 0.2) is 0 Å². The third-order valence-electron chi connectivity index (χ3n) is 2.71. The van der Waals surface area contributed by atoms with Crippen LogP contribution in [0.15, 0.2) is 12.1 Å². The van der Waals surface area contributed by atoms with Crippen LogP contribution < -0.4 is 16.4 Å². The van der Waals surface area contributed by atoms with Crippen molar-refractivity contribution in [1.29, 1.82) is 0 Å². The van der Waals surface area contributed by atoms with Gasteiger partial charge in [-0.1, -0.05) is 0 Å². The van der Waals surface area contributed by atoms with Crippen molar-refractivity contribution in [2.75, 3.05) is 17.6 Å². The van der Waals surface area contributed by atoms with E-state index in [2.05, 4.69) is 10.6 Å². The van der Waals surface area contributed by atoms with Crippen LogP contribution >= 0.6 is 22.6 Å². The van der Waals surface area contributed by atoms with E-state index >= 15 is 0 Å². The van der Waals surface area contributed by atoms with E-state index in [0.717, 1.165) is 12.8 Å². The monoisotopic (exact) mass is 349 g/mol. The summed E-state index contributed by atoms with van der Waals surface area (Å²) in [6.45, 7) is 0.702. The van der Waals surface area contributed by atoms with Gasteiger partial charge in [-0.15, -0.1) is 0 Å². The van der Waals surface area contributed by atoms with Gasteiger partial charge in [-0.3, -0.25) is 4.79 Å². The highest BCUT2D eigenvalue weighted by molar-refractivity contribution is 14.1. The first kappa shape index (κ1) is 12.4. The molecule has 0 aromatic heterocycles. The van der Waals surface area contributed by atoms with E-state index < -0.39 is 0 Å². The molecule has 0 saturated carbocycles. The number of hydrogen-bond donors (Lipinski definition) is 3. The largest absolute Gasteiger partial charge is 0.397 e. The third-order valence-corrected chi connectivity index (χ3v) is 3.53. The lowest BCUT2D eigenvalue weighted by molar-refractivity contribution is -0.123. The van der Waals surface area contributed by atoms with Crippen molar-refractivity contribution < 1.29 is 9.18 Å². The lowest BCUT2D eigenvalue weighted by Gasteiger charge is -2.24. The van der Waals surface area contributed by atoms with Crippen LogP contribution in [0.5, 0.6) is 0 Å². The van der Waals surface area contributed by atoms with Gasteiger partial charge in [0.05, 0.1) is 14.9 Å². The third kappa shape index (κ3) is 2.80. The SMILES string of the molecule is Nc1cc(I)c(F)cc1NC1CCCNC1=O. The number of halogens is 2. The van der Waals surface area contributed by atoms with Crippen LogP contribution in [0.3, 0.4) is 0 Å². The number of nitrogens with one attached hydrogen (secondary N) is 2. The minimum atomic E-state index is -0.335. The maximum Gasteiger partial charge on any atom is 0.242 e. The van der Waals surface area contributed by atoms with E-state index in [1.807, 2.05) is 22.6 Å². The summed E-state index contributed by atoms with van der Waals surface area (Å²) in [7, 11) is 0. The van der Waals surface area contributed by atoms with Gasteiger partial charge in [0, 0.05) is 12.6 Å². The molecule has 1 heterocycles. The van der Waals surface area contributed by atoms with Crippen molar-refractivity contribution in [3.8, 4) is 0 Å². The van der Waals surface area contributed by atoms with Gasteiger partial charge < -0.3 is 16.4 Å². The first-order valence-corrected chi connectivity index (χ1v) is 6.44. The van der Waals surface area contributed by atoms with E-state index in [1.54, 1.807) is 6.07 Å². The Morgan fingerprint density at radius 2 is 2.29 bits per heavy atom. The zero-order chi connectivity index (χ0) is 12.4. The van der Waals surface area contributed by atoms with E-state index in [9.17, 15) is 9.18 Å². The Morgan fingerprint density at radius 1 is 1.53 bits per heavy atom. The molecule has 6 heteroatoms. The Bertz CT molecular complexity index is 453. The number of carbonyl (C=O) groups excluding carboxylic acids is 1. The number of nitrogen functional groups attached to an aromatic ring is 1. The van der Waals surface area contributed by atoms with Crippen molar-refractivity contribution in [1.82, 2.24) is 5.32 Å². The summed E-state index contributed by atoms with van der Waals surface area (Å²) < 4.78 is 13.9. The van der Waals surface area contributed by atoms with Gasteiger partial charge in [0.25, 0.3) is 0 Å². The van der Waals surface area contributed by atoms with Crippen LogP contribution in [0.1, 0.15) is 12.8 Å². The zero-order valence-corrected chi connectivity index (χ0v) is 11.3. The molecule has 2 rings (SSSR count). The Morgan fingerprint density at radius 3 is 3.00 bits per heavy atom. The molecule has 0 radical (unpaired) electrons. The second-order valence-corrected chi connectivity index (χ2v) is 5.15. The Kier molecular flexibility index (Phi) is 3.70. The van der Waals surface area contributed by atoms with Crippen molar-refractivity contribution in [2.45, 2.75) is 18.9 Å². The minimum absolute atomic E-state index is 0.0605. The second kappa shape index (κ2) is 5.07. The average molecular weight is 349 g/mol. The van der Waals surface area contributed by atoms with E-state index in [4.69, 9.17) is 5.73 Å². The van der Waals surface area contributed by atoms with Gasteiger partial charge in [-0.2, -0.15) is 0 Å². The highest BCUT2D eigenvalue weighted by Gasteiger charge is 2.22. The minimum Gasteiger partial charge on any atom is -0.397 e. The van der Waals surface area contributed by atoms with Crippen molar-refractivity contribution in [3.05, 3.63) is 21.5 Å². The van der Waals surface area contributed by atoms with Crippen LogP contribution in [-0.4, -0.2) is 18.5 Å². The molecule has 1 aliphatic heterocycles. The summed E-state index contributed by atoms with van der Waals surface area (Å²) >= 11 is 1.88. The first-order valence-electron chi connectivity index (χ1n) is 5.36. The number of piperidine rings is 1. The second-order valence-electron chi connectivity index (χ2n) is 3.98. The van der Waals surface area contributed by atoms with Crippen molar-refractivity contribution >= 4 is 39.9 Å². The normalized spacial score (nSPS) is 19.9. The molecule has 4 nitrogen and oxygen atoms in total. The van der Waals surface area contributed by atoms with Crippen molar-refractivity contribution in [3.63, 3.8) is 0 Å². The standard InChI is InChI=1S/C11H13FIN3O/c12-6-4-10(8(14)5-7(6)13)16-9-2-1-3-15-11(9)17/h4-5,9,16H,1-3,14H2,(H,15,17). The van der Waals surface area contributed by atoms with Crippen LogP contribution in [-0.2, 0) is 4.79 Å². The van der Waals surface area contributed by atoms with Gasteiger partial charge >= 0.3 is 0 Å². The Hall–Kier alpha value is -1.05. The number of carbonyl (C=O) groups is 1. The highest BCUT2D eigenvalue weighted by Crippen LogP contribution is 2.25. The quantitative estimate of drug-likeness (QED) is 0.563. The van der Waals surface area contributed by atoms with Crippen LogP contribution in [0.25, 0.3) is 0 Å². The van der Waals surface area contributed by atoms with Gasteiger partial charge in [-0.25, -0.2) is 4.39 Å². The predicted molar refractivity (Wildman–Crippen MR) is 73.2 cm³/mol.